The van der Waals surface area contributed by atoms with Crippen LogP contribution in [-0.4, -0.2) is 32.0 Å². The number of hydrogen-bond acceptors (Lipinski definition) is 6. The van der Waals surface area contributed by atoms with Gasteiger partial charge in [0.2, 0.25) is 0 Å². The molecule has 0 spiro atoms. The van der Waals surface area contributed by atoms with Gasteiger partial charge in [0, 0.05) is 0 Å². The summed E-state index contributed by atoms with van der Waals surface area (Å²) in [4.78, 5) is 9.60. The zero-order valence-corrected chi connectivity index (χ0v) is 16.1. The molecule has 23 heavy (non-hydrogen) atoms. The maximum absolute atomic E-state index is 12.1. The number of rotatable bonds is 12. The van der Waals surface area contributed by atoms with Crippen LogP contribution >= 0.6 is 7.82 Å². The Bertz CT molecular complexity index is 317. The number of ether oxygens (including phenoxy) is 1. The van der Waals surface area contributed by atoms with Crippen LogP contribution < -0.4 is 5.73 Å². The zero-order chi connectivity index (χ0) is 18.1. The standard InChI is InChI=1S/C12H27O4P.C3H7NO2/c1-5-9-10-11-12(6-2)16-17(13,14-7-3)15-8-4;1-2-6-3(4)5/h12H,5-11H2,1-4H3;2H2,1H3,(H2,4,5). The third-order valence-corrected chi connectivity index (χ3v) is 4.43. The molecule has 0 aromatic carbocycles. The maximum atomic E-state index is 12.1. The van der Waals surface area contributed by atoms with Gasteiger partial charge in [-0.25, -0.2) is 9.36 Å². The number of unbranched alkanes of at least 4 members (excludes halogenated alkanes) is 2. The quantitative estimate of drug-likeness (QED) is 0.404. The van der Waals surface area contributed by atoms with E-state index in [2.05, 4.69) is 17.4 Å². The second kappa shape index (κ2) is 16.2. The van der Waals surface area contributed by atoms with Gasteiger partial charge in [0.25, 0.3) is 0 Å². The van der Waals surface area contributed by atoms with Gasteiger partial charge in [0.15, 0.2) is 0 Å². The van der Waals surface area contributed by atoms with Crippen molar-refractivity contribution in [1.82, 2.24) is 0 Å². The highest BCUT2D eigenvalue weighted by Gasteiger charge is 2.28. The Kier molecular flexibility index (Phi) is 17.4. The van der Waals surface area contributed by atoms with E-state index in [0.29, 0.717) is 19.8 Å². The fourth-order valence-corrected chi connectivity index (χ4v) is 3.14. The molecule has 0 aliphatic carbocycles. The second-order valence-corrected chi connectivity index (χ2v) is 6.29. The first-order chi connectivity index (χ1) is 10.9. The van der Waals surface area contributed by atoms with Crippen LogP contribution in [0.25, 0.3) is 0 Å². The van der Waals surface area contributed by atoms with Crippen LogP contribution in [0.15, 0.2) is 0 Å². The van der Waals surface area contributed by atoms with E-state index in [9.17, 15) is 9.36 Å². The number of hydrogen-bond donors (Lipinski definition) is 1. The number of phosphoric ester groups is 1. The van der Waals surface area contributed by atoms with Crippen LogP contribution in [0.2, 0.25) is 0 Å². The van der Waals surface area contributed by atoms with Crippen molar-refractivity contribution < 1.29 is 27.7 Å². The zero-order valence-electron chi connectivity index (χ0n) is 15.2. The lowest BCUT2D eigenvalue weighted by molar-refractivity contribution is 0.0768. The van der Waals surface area contributed by atoms with Crippen molar-refractivity contribution in [3.05, 3.63) is 0 Å². The topological polar surface area (TPSA) is 97.1 Å². The highest BCUT2D eigenvalue weighted by atomic mass is 31.2. The van der Waals surface area contributed by atoms with Crippen molar-refractivity contribution in [2.75, 3.05) is 19.8 Å². The fraction of sp³-hybridized carbons (Fsp3) is 0.933. The maximum Gasteiger partial charge on any atom is 0.475 e. The number of primary amides is 1. The molecule has 0 aliphatic heterocycles. The van der Waals surface area contributed by atoms with Crippen molar-refractivity contribution in [2.24, 2.45) is 5.73 Å². The number of amides is 1. The van der Waals surface area contributed by atoms with Gasteiger partial charge in [-0.05, 0) is 33.6 Å². The molecule has 0 saturated heterocycles. The van der Waals surface area contributed by atoms with E-state index in [-0.39, 0.29) is 6.10 Å². The summed E-state index contributed by atoms with van der Waals surface area (Å²) in [6.45, 7) is 10.5. The summed E-state index contributed by atoms with van der Waals surface area (Å²) in [7, 11) is -3.34. The van der Waals surface area contributed by atoms with Gasteiger partial charge in [-0.15, -0.1) is 0 Å². The molecule has 2 N–H and O–H groups in total. The van der Waals surface area contributed by atoms with E-state index in [4.69, 9.17) is 13.6 Å². The van der Waals surface area contributed by atoms with E-state index in [1.165, 1.54) is 12.8 Å². The molecule has 0 rings (SSSR count). The SMILES string of the molecule is CCCCCC(CC)OP(=O)(OCC)OCC.CCOC(N)=O. The van der Waals surface area contributed by atoms with Crippen molar-refractivity contribution in [3.8, 4) is 0 Å². The number of carbonyl (C=O) groups excluding carboxylic acids is 1. The van der Waals surface area contributed by atoms with Crippen molar-refractivity contribution in [2.45, 2.75) is 72.8 Å². The summed E-state index contributed by atoms with van der Waals surface area (Å²) < 4.78 is 32.1. The molecule has 1 unspecified atom stereocenters. The minimum atomic E-state index is -3.34. The molecule has 0 radical (unpaired) electrons. The van der Waals surface area contributed by atoms with Crippen LogP contribution in [0.4, 0.5) is 4.79 Å². The third-order valence-electron chi connectivity index (χ3n) is 2.72. The number of phosphoric acid groups is 1. The molecule has 0 aromatic heterocycles. The predicted molar refractivity (Wildman–Crippen MR) is 91.4 cm³/mol. The summed E-state index contributed by atoms with van der Waals surface area (Å²) in [6, 6.07) is 0. The monoisotopic (exact) mass is 355 g/mol. The Balaban J connectivity index is 0. The van der Waals surface area contributed by atoms with Gasteiger partial charge in [-0.1, -0.05) is 33.1 Å². The first-order valence-corrected chi connectivity index (χ1v) is 9.84. The van der Waals surface area contributed by atoms with Gasteiger partial charge in [0.1, 0.15) is 0 Å². The van der Waals surface area contributed by atoms with Crippen LogP contribution in [0.5, 0.6) is 0 Å². The van der Waals surface area contributed by atoms with E-state index >= 15 is 0 Å². The van der Waals surface area contributed by atoms with Crippen LogP contribution in [0.3, 0.4) is 0 Å². The molecule has 0 fully saturated rings. The Labute approximate surface area is 140 Å². The first kappa shape index (κ1) is 24.6. The smallest absolute Gasteiger partial charge is 0.450 e. The molecular formula is C15H34NO6P. The Morgan fingerprint density at radius 1 is 1.00 bits per heavy atom. The molecule has 0 aliphatic rings. The first-order valence-electron chi connectivity index (χ1n) is 8.38. The summed E-state index contributed by atoms with van der Waals surface area (Å²) in [6.07, 6.45) is 4.43. The molecule has 7 nitrogen and oxygen atoms in total. The van der Waals surface area contributed by atoms with Crippen molar-refractivity contribution >= 4 is 13.9 Å². The molecule has 8 heteroatoms. The van der Waals surface area contributed by atoms with Gasteiger partial charge < -0.3 is 10.5 Å². The van der Waals surface area contributed by atoms with E-state index in [1.807, 2.05) is 6.92 Å². The highest BCUT2D eigenvalue weighted by molar-refractivity contribution is 7.48. The molecular weight excluding hydrogens is 321 g/mol. The molecule has 1 atom stereocenters. The van der Waals surface area contributed by atoms with Crippen LogP contribution in [0.1, 0.15) is 66.7 Å². The van der Waals surface area contributed by atoms with E-state index in [1.54, 1.807) is 20.8 Å². The van der Waals surface area contributed by atoms with Crippen molar-refractivity contribution in [1.29, 1.82) is 0 Å². The molecule has 140 valence electrons. The lowest BCUT2D eigenvalue weighted by Crippen LogP contribution is -2.12. The lowest BCUT2D eigenvalue weighted by atomic mass is 10.1. The summed E-state index contributed by atoms with van der Waals surface area (Å²) in [5, 5.41) is 0. The highest BCUT2D eigenvalue weighted by Crippen LogP contribution is 2.51. The molecule has 0 bridgehead atoms. The largest absolute Gasteiger partial charge is 0.475 e. The third kappa shape index (κ3) is 16.0. The average Bonchev–Trinajstić information content (AvgIpc) is 2.47. The van der Waals surface area contributed by atoms with Crippen LogP contribution in [-0.2, 0) is 22.9 Å². The average molecular weight is 355 g/mol. The van der Waals surface area contributed by atoms with E-state index < -0.39 is 13.9 Å². The second-order valence-electron chi connectivity index (χ2n) is 4.67. The fourth-order valence-electron chi connectivity index (χ4n) is 1.69. The predicted octanol–water partition coefficient (Wildman–Crippen LogP) is 4.64. The summed E-state index contributed by atoms with van der Waals surface area (Å²) in [5.41, 5.74) is 4.54. The molecule has 0 aromatic rings. The lowest BCUT2D eigenvalue weighted by Gasteiger charge is -2.22. The molecule has 0 saturated carbocycles. The number of nitrogens with two attached hydrogens (primary N) is 1. The van der Waals surface area contributed by atoms with Crippen LogP contribution in [0, 0.1) is 0 Å². The summed E-state index contributed by atoms with van der Waals surface area (Å²) >= 11 is 0. The van der Waals surface area contributed by atoms with Crippen molar-refractivity contribution in [3.63, 3.8) is 0 Å². The Morgan fingerprint density at radius 3 is 1.87 bits per heavy atom. The van der Waals surface area contributed by atoms with Gasteiger partial charge in [0.05, 0.1) is 25.9 Å². The summed E-state index contributed by atoms with van der Waals surface area (Å²) in [5.74, 6) is 0. The van der Waals surface area contributed by atoms with E-state index in [0.717, 1.165) is 19.3 Å². The molecule has 1 amide bonds. The number of carbonyl (C=O) groups is 1. The Morgan fingerprint density at radius 2 is 1.57 bits per heavy atom. The van der Waals surface area contributed by atoms with Gasteiger partial charge in [-0.2, -0.15) is 0 Å². The van der Waals surface area contributed by atoms with Gasteiger partial charge in [-0.3, -0.25) is 13.6 Å². The molecule has 0 heterocycles. The van der Waals surface area contributed by atoms with Gasteiger partial charge >= 0.3 is 13.9 Å². The minimum Gasteiger partial charge on any atom is -0.450 e. The minimum absolute atomic E-state index is 0.0366. The normalized spacial score (nSPS) is 12.2. The Hall–Kier alpha value is -0.620.